The molecule has 0 aromatic rings. The Balaban J connectivity index is 2.82. The van der Waals surface area contributed by atoms with Crippen LogP contribution in [0.5, 0.6) is 0 Å². The van der Waals surface area contributed by atoms with Crippen molar-refractivity contribution in [2.45, 2.75) is 6.42 Å². The van der Waals surface area contributed by atoms with Gasteiger partial charge in [-0.15, -0.1) is 0 Å². The van der Waals surface area contributed by atoms with Crippen molar-refractivity contribution in [1.29, 1.82) is 0 Å². The van der Waals surface area contributed by atoms with Crippen LogP contribution in [0.2, 0.25) is 0 Å². The van der Waals surface area contributed by atoms with Gasteiger partial charge in [0.15, 0.2) is 0 Å². The Labute approximate surface area is 45.6 Å². The minimum atomic E-state index is -0.874. The smallest absolute Gasteiger partial charge is 0.304 e. The number of carbonyl (C=O) groups is 1. The van der Waals surface area contributed by atoms with Gasteiger partial charge in [0, 0.05) is 5.75 Å². The fourth-order valence-corrected chi connectivity index (χ4v) is 0.399. The molecule has 0 aliphatic carbocycles. The fraction of sp³-hybridized carbons (Fsp3) is 0.667. The number of aliphatic carboxylic acids is 1. The molecule has 0 rings (SSSR count). The predicted octanol–water partition coefficient (Wildman–Crippen LogP) is 0.667. The average molecular weight is 122 g/mol. The molecule has 0 unspecified atom stereocenters. The van der Waals surface area contributed by atoms with Gasteiger partial charge in [0.25, 0.3) is 0 Å². The van der Waals surface area contributed by atoms with E-state index in [1.54, 1.807) is 0 Å². The van der Waals surface area contributed by atoms with E-state index in [1.165, 1.54) is 0 Å². The summed E-state index contributed by atoms with van der Waals surface area (Å²) in [7, 11) is 0. The van der Waals surface area contributed by atoms with Crippen LogP contribution < -0.4 is 0 Å². The van der Waals surface area contributed by atoms with E-state index in [-0.39, 0.29) is 12.2 Å². The molecule has 0 amide bonds. The molecule has 3 nitrogen and oxygen atoms in total. The molecule has 0 aromatic carbocycles. The van der Waals surface area contributed by atoms with Gasteiger partial charge < -0.3 is 9.66 Å². The van der Waals surface area contributed by atoms with Gasteiger partial charge in [-0.25, -0.2) is 0 Å². The third-order valence-electron chi connectivity index (χ3n) is 0.407. The summed E-state index contributed by atoms with van der Waals surface area (Å²) in [4.78, 5) is 9.63. The van der Waals surface area contributed by atoms with Crippen molar-refractivity contribution in [1.82, 2.24) is 0 Å². The van der Waals surface area contributed by atoms with Crippen LogP contribution in [0.15, 0.2) is 0 Å². The normalized spacial score (nSPS) is 8.71. The summed E-state index contributed by atoms with van der Waals surface area (Å²) >= 11 is 0.549. The topological polar surface area (TPSA) is 57.5 Å². The monoisotopic (exact) mass is 122 g/mol. The first-order chi connectivity index (χ1) is 3.27. The highest BCUT2D eigenvalue weighted by atomic mass is 32.2. The van der Waals surface area contributed by atoms with Gasteiger partial charge in [-0.3, -0.25) is 4.79 Å². The molecule has 2 N–H and O–H groups in total. The molecular formula is C3H6O3S. The van der Waals surface area contributed by atoms with Crippen LogP contribution in [0.25, 0.3) is 0 Å². The lowest BCUT2D eigenvalue weighted by Gasteiger charge is -1.84. The number of carboxylic acid groups (broad SMARTS) is 1. The summed E-state index contributed by atoms with van der Waals surface area (Å²) in [5.74, 6) is -0.600. The number of hydrogen-bond acceptors (Lipinski definition) is 3. The molecule has 0 aliphatic heterocycles. The summed E-state index contributed by atoms with van der Waals surface area (Å²) in [6.07, 6.45) is 0.0289. The molecule has 7 heavy (non-hydrogen) atoms. The molecule has 0 aliphatic rings. The first-order valence-corrected chi connectivity index (χ1v) is 2.70. The highest BCUT2D eigenvalue weighted by Crippen LogP contribution is 1.92. The lowest BCUT2D eigenvalue weighted by atomic mass is 10.5. The largest absolute Gasteiger partial charge is 0.481 e. The third-order valence-corrected chi connectivity index (χ3v) is 0.794. The molecular weight excluding hydrogens is 116 g/mol. The van der Waals surface area contributed by atoms with E-state index in [4.69, 9.17) is 9.66 Å². The molecule has 0 heterocycles. The van der Waals surface area contributed by atoms with Gasteiger partial charge in [-0.05, 0) is 12.0 Å². The van der Waals surface area contributed by atoms with Crippen LogP contribution in [-0.4, -0.2) is 21.4 Å². The van der Waals surface area contributed by atoms with Crippen molar-refractivity contribution < 1.29 is 14.5 Å². The maximum atomic E-state index is 9.63. The van der Waals surface area contributed by atoms with E-state index in [0.717, 1.165) is 0 Å². The lowest BCUT2D eigenvalue weighted by Crippen LogP contribution is -1.94. The number of rotatable bonds is 3. The standard InChI is InChI=1S/C3H6O3S/c4-3(5)1-2-7-6/h6H,1-2H2,(H,4,5). The SMILES string of the molecule is O=C(O)CCSO. The molecule has 0 aromatic heterocycles. The Kier molecular flexibility index (Phi) is 3.83. The van der Waals surface area contributed by atoms with Gasteiger partial charge in [-0.2, -0.15) is 0 Å². The molecule has 0 saturated carbocycles. The van der Waals surface area contributed by atoms with Crippen LogP contribution in [0.4, 0.5) is 0 Å². The zero-order valence-corrected chi connectivity index (χ0v) is 4.44. The minimum absolute atomic E-state index is 0.0289. The van der Waals surface area contributed by atoms with Crippen molar-refractivity contribution in [3.8, 4) is 0 Å². The quantitative estimate of drug-likeness (QED) is 0.540. The molecule has 0 radical (unpaired) electrons. The van der Waals surface area contributed by atoms with E-state index < -0.39 is 5.97 Å². The Hall–Kier alpha value is -0.220. The second kappa shape index (κ2) is 3.95. The Bertz CT molecular complexity index is 63.2. The third kappa shape index (κ3) is 5.78. The summed E-state index contributed by atoms with van der Waals surface area (Å²) < 4.78 is 7.97. The Morgan fingerprint density at radius 3 is 2.43 bits per heavy atom. The van der Waals surface area contributed by atoms with Crippen LogP contribution in [0.1, 0.15) is 6.42 Å². The summed E-state index contributed by atoms with van der Waals surface area (Å²) in [6.45, 7) is 0. The first-order valence-electron chi connectivity index (χ1n) is 1.75. The van der Waals surface area contributed by atoms with Gasteiger partial charge in [-0.1, -0.05) is 0 Å². The maximum absolute atomic E-state index is 9.63. The molecule has 4 heteroatoms. The minimum Gasteiger partial charge on any atom is -0.481 e. The Morgan fingerprint density at radius 1 is 1.71 bits per heavy atom. The fourth-order valence-electron chi connectivity index (χ4n) is 0.133. The van der Waals surface area contributed by atoms with Crippen LogP contribution in [0.3, 0.4) is 0 Å². The maximum Gasteiger partial charge on any atom is 0.304 e. The second-order valence-electron chi connectivity index (χ2n) is 0.977. The molecule has 0 spiro atoms. The van der Waals surface area contributed by atoms with E-state index in [0.29, 0.717) is 12.0 Å². The van der Waals surface area contributed by atoms with Crippen molar-refractivity contribution in [2.75, 3.05) is 5.75 Å². The average Bonchev–Trinajstić information content (AvgIpc) is 1.61. The van der Waals surface area contributed by atoms with Crippen molar-refractivity contribution >= 4 is 18.0 Å². The summed E-state index contributed by atoms with van der Waals surface area (Å²) in [5.41, 5.74) is 0. The van der Waals surface area contributed by atoms with Crippen LogP contribution in [0, 0.1) is 0 Å². The molecule has 0 saturated heterocycles. The lowest BCUT2D eigenvalue weighted by molar-refractivity contribution is -0.136. The van der Waals surface area contributed by atoms with Crippen LogP contribution in [-0.2, 0) is 4.79 Å². The van der Waals surface area contributed by atoms with E-state index >= 15 is 0 Å². The number of hydrogen-bond donors (Lipinski definition) is 2. The molecule has 0 fully saturated rings. The number of carboxylic acids is 1. The zero-order valence-electron chi connectivity index (χ0n) is 3.63. The van der Waals surface area contributed by atoms with Gasteiger partial charge in [0.1, 0.15) is 0 Å². The summed E-state index contributed by atoms with van der Waals surface area (Å²) in [5, 5.41) is 7.92. The van der Waals surface area contributed by atoms with Gasteiger partial charge >= 0.3 is 5.97 Å². The van der Waals surface area contributed by atoms with E-state index in [9.17, 15) is 4.79 Å². The molecule has 0 atom stereocenters. The van der Waals surface area contributed by atoms with Gasteiger partial charge in [0.05, 0.1) is 6.42 Å². The Morgan fingerprint density at radius 2 is 2.29 bits per heavy atom. The van der Waals surface area contributed by atoms with E-state index in [2.05, 4.69) is 0 Å². The van der Waals surface area contributed by atoms with E-state index in [1.807, 2.05) is 0 Å². The van der Waals surface area contributed by atoms with Crippen molar-refractivity contribution in [2.24, 2.45) is 0 Å². The first kappa shape index (κ1) is 6.78. The zero-order chi connectivity index (χ0) is 5.70. The van der Waals surface area contributed by atoms with Gasteiger partial charge in [0.2, 0.25) is 0 Å². The van der Waals surface area contributed by atoms with Crippen LogP contribution >= 0.6 is 12.0 Å². The molecule has 0 bridgehead atoms. The highest BCUT2D eigenvalue weighted by molar-refractivity contribution is 7.93. The van der Waals surface area contributed by atoms with Crippen molar-refractivity contribution in [3.63, 3.8) is 0 Å². The summed E-state index contributed by atoms with van der Waals surface area (Å²) in [6, 6.07) is 0. The molecule has 42 valence electrons. The second-order valence-corrected chi connectivity index (χ2v) is 1.64. The van der Waals surface area contributed by atoms with Crippen molar-refractivity contribution in [3.05, 3.63) is 0 Å². The predicted molar refractivity (Wildman–Crippen MR) is 27.3 cm³/mol. The highest BCUT2D eigenvalue weighted by Gasteiger charge is 1.92.